The molecule has 2 aromatic carbocycles. The Morgan fingerprint density at radius 2 is 1.90 bits per heavy atom. The number of anilines is 1. The van der Waals surface area contributed by atoms with Crippen molar-refractivity contribution in [1.29, 1.82) is 0 Å². The minimum absolute atomic E-state index is 0.0135. The fourth-order valence-corrected chi connectivity index (χ4v) is 4.88. The molecule has 5 nitrogen and oxygen atoms in total. The van der Waals surface area contributed by atoms with Crippen LogP contribution in [-0.2, 0) is 17.1 Å². The third-order valence-electron chi connectivity index (χ3n) is 4.51. The highest BCUT2D eigenvalue weighted by molar-refractivity contribution is 7.99. The molecule has 0 aliphatic carbocycles. The van der Waals surface area contributed by atoms with Gasteiger partial charge in [-0.1, -0.05) is 53.8 Å². The zero-order valence-electron chi connectivity index (χ0n) is 16.5. The van der Waals surface area contributed by atoms with Crippen LogP contribution in [0.15, 0.2) is 72.9 Å². The number of carbonyl (C=O) groups excluding carboxylic acids is 1. The summed E-state index contributed by atoms with van der Waals surface area (Å²) in [5.41, 5.74) is 2.80. The Balaban J connectivity index is 1.57. The summed E-state index contributed by atoms with van der Waals surface area (Å²) in [7, 11) is 1.63. The molecule has 2 aromatic heterocycles. The van der Waals surface area contributed by atoms with Crippen LogP contribution in [0.25, 0.3) is 10.2 Å². The lowest BCUT2D eigenvalue weighted by molar-refractivity contribution is -0.116. The molecule has 0 atom stereocenters. The first-order chi connectivity index (χ1) is 14.7. The largest absolute Gasteiger partial charge is 0.494 e. The molecule has 4 aromatic rings. The van der Waals surface area contributed by atoms with Crippen LogP contribution in [0.2, 0.25) is 0 Å². The van der Waals surface area contributed by atoms with Crippen LogP contribution in [0, 0.1) is 0 Å². The maximum absolute atomic E-state index is 13.2. The Morgan fingerprint density at radius 1 is 1.07 bits per heavy atom. The fourth-order valence-electron chi connectivity index (χ4n) is 3.02. The third-order valence-corrected chi connectivity index (χ3v) is 6.54. The predicted octanol–water partition coefficient (Wildman–Crippen LogP) is 5.17. The van der Waals surface area contributed by atoms with Crippen molar-refractivity contribution in [2.75, 3.05) is 17.8 Å². The summed E-state index contributed by atoms with van der Waals surface area (Å²) in [4.78, 5) is 24.0. The summed E-state index contributed by atoms with van der Waals surface area (Å²) in [6.07, 6.45) is 1.74. The zero-order valence-corrected chi connectivity index (χ0v) is 18.2. The standard InChI is InChI=1S/C23H21N3O2S2/c1-28-19-11-7-12-20-22(19)25-23(30-20)26(14-18-10-5-6-13-24-18)21(27)16-29-15-17-8-3-2-4-9-17/h2-13H,14-16H2,1H3. The van der Waals surface area contributed by atoms with E-state index in [2.05, 4.69) is 17.1 Å². The number of amides is 1. The van der Waals surface area contributed by atoms with Crippen molar-refractivity contribution < 1.29 is 9.53 Å². The fraction of sp³-hybridized carbons (Fsp3) is 0.174. The van der Waals surface area contributed by atoms with Crippen LogP contribution in [0.3, 0.4) is 0 Å². The molecule has 0 spiro atoms. The van der Waals surface area contributed by atoms with E-state index < -0.39 is 0 Å². The summed E-state index contributed by atoms with van der Waals surface area (Å²) >= 11 is 3.09. The molecule has 0 aliphatic rings. The van der Waals surface area contributed by atoms with Gasteiger partial charge in [-0.3, -0.25) is 14.7 Å². The number of hydrogen-bond acceptors (Lipinski definition) is 6. The highest BCUT2D eigenvalue weighted by atomic mass is 32.2. The molecule has 0 radical (unpaired) electrons. The summed E-state index contributed by atoms with van der Waals surface area (Å²) in [5.74, 6) is 1.88. The van der Waals surface area contributed by atoms with Crippen LogP contribution >= 0.6 is 23.1 Å². The molecular formula is C23H21N3O2S2. The Hall–Kier alpha value is -2.90. The molecule has 0 N–H and O–H groups in total. The highest BCUT2D eigenvalue weighted by Crippen LogP contribution is 2.34. The van der Waals surface area contributed by atoms with Gasteiger partial charge in [0, 0.05) is 11.9 Å². The number of nitrogens with zero attached hydrogens (tertiary/aromatic N) is 3. The van der Waals surface area contributed by atoms with Crippen LogP contribution < -0.4 is 9.64 Å². The lowest BCUT2D eigenvalue weighted by Crippen LogP contribution is -2.32. The van der Waals surface area contributed by atoms with Gasteiger partial charge in [-0.05, 0) is 29.8 Å². The molecule has 0 aliphatic heterocycles. The second-order valence-electron chi connectivity index (χ2n) is 6.58. The molecule has 0 bridgehead atoms. The number of aromatic nitrogens is 2. The number of benzene rings is 2. The quantitative estimate of drug-likeness (QED) is 0.382. The number of thioether (sulfide) groups is 1. The van der Waals surface area contributed by atoms with Gasteiger partial charge in [-0.15, -0.1) is 11.8 Å². The molecule has 30 heavy (non-hydrogen) atoms. The Bertz CT molecular complexity index is 1120. The molecule has 0 unspecified atom stereocenters. The minimum Gasteiger partial charge on any atom is -0.494 e. The maximum atomic E-state index is 13.2. The average Bonchev–Trinajstić information content (AvgIpc) is 3.23. The summed E-state index contributed by atoms with van der Waals surface area (Å²) in [6.45, 7) is 0.383. The van der Waals surface area contributed by atoms with Crippen LogP contribution in [0.5, 0.6) is 5.75 Å². The summed E-state index contributed by atoms with van der Waals surface area (Å²) in [6, 6.07) is 21.7. The molecule has 0 fully saturated rings. The van der Waals surface area contributed by atoms with Gasteiger partial charge < -0.3 is 4.74 Å². The number of carbonyl (C=O) groups is 1. The summed E-state index contributed by atoms with van der Waals surface area (Å²) in [5, 5.41) is 0.658. The zero-order chi connectivity index (χ0) is 20.8. The van der Waals surface area contributed by atoms with Gasteiger partial charge in [0.05, 0.1) is 29.8 Å². The number of pyridine rings is 1. The average molecular weight is 436 g/mol. The van der Waals surface area contributed by atoms with Gasteiger partial charge in [0.2, 0.25) is 5.91 Å². The Labute approximate surface area is 183 Å². The highest BCUT2D eigenvalue weighted by Gasteiger charge is 2.21. The van der Waals surface area contributed by atoms with Crippen molar-refractivity contribution in [2.45, 2.75) is 12.3 Å². The second-order valence-corrected chi connectivity index (χ2v) is 8.58. The first-order valence-corrected chi connectivity index (χ1v) is 11.5. The third kappa shape index (κ3) is 4.80. The topological polar surface area (TPSA) is 55.3 Å². The SMILES string of the molecule is COc1cccc2sc(N(Cc3ccccn3)C(=O)CSCc3ccccc3)nc12. The van der Waals surface area contributed by atoms with Crippen molar-refractivity contribution >= 4 is 44.4 Å². The first kappa shape index (κ1) is 20.4. The van der Waals surface area contributed by atoms with Crippen LogP contribution in [0.1, 0.15) is 11.3 Å². The van der Waals surface area contributed by atoms with E-state index in [1.807, 2.05) is 54.6 Å². The van der Waals surface area contributed by atoms with Gasteiger partial charge in [0.1, 0.15) is 11.3 Å². The normalized spacial score (nSPS) is 10.8. The molecule has 0 saturated carbocycles. The van der Waals surface area contributed by atoms with E-state index in [0.717, 1.165) is 21.7 Å². The van der Waals surface area contributed by atoms with Gasteiger partial charge in [0.25, 0.3) is 0 Å². The predicted molar refractivity (Wildman–Crippen MR) is 124 cm³/mol. The smallest absolute Gasteiger partial charge is 0.239 e. The minimum atomic E-state index is 0.0135. The van der Waals surface area contributed by atoms with E-state index in [9.17, 15) is 4.79 Å². The van der Waals surface area contributed by atoms with Gasteiger partial charge >= 0.3 is 0 Å². The Kier molecular flexibility index (Phi) is 6.61. The second kappa shape index (κ2) is 9.73. The van der Waals surface area contributed by atoms with E-state index >= 15 is 0 Å². The summed E-state index contributed by atoms with van der Waals surface area (Å²) < 4.78 is 6.42. The van der Waals surface area contributed by atoms with Crippen molar-refractivity contribution in [3.63, 3.8) is 0 Å². The van der Waals surface area contributed by atoms with E-state index in [1.54, 1.807) is 30.0 Å². The van der Waals surface area contributed by atoms with E-state index in [1.165, 1.54) is 16.9 Å². The molecule has 4 rings (SSSR count). The van der Waals surface area contributed by atoms with Crippen molar-refractivity contribution in [3.8, 4) is 5.75 Å². The van der Waals surface area contributed by atoms with Crippen molar-refractivity contribution in [3.05, 3.63) is 84.2 Å². The number of fused-ring (bicyclic) bond motifs is 1. The number of rotatable bonds is 8. The number of para-hydroxylation sites is 1. The Morgan fingerprint density at radius 3 is 2.67 bits per heavy atom. The van der Waals surface area contributed by atoms with Crippen molar-refractivity contribution in [1.82, 2.24) is 9.97 Å². The molecule has 1 amide bonds. The van der Waals surface area contributed by atoms with Gasteiger partial charge in [-0.25, -0.2) is 4.98 Å². The molecular weight excluding hydrogens is 414 g/mol. The van der Waals surface area contributed by atoms with E-state index in [-0.39, 0.29) is 5.91 Å². The van der Waals surface area contributed by atoms with Gasteiger partial charge in [-0.2, -0.15) is 0 Å². The maximum Gasteiger partial charge on any atom is 0.239 e. The molecule has 0 saturated heterocycles. The lowest BCUT2D eigenvalue weighted by Gasteiger charge is -2.19. The van der Waals surface area contributed by atoms with E-state index in [4.69, 9.17) is 9.72 Å². The van der Waals surface area contributed by atoms with E-state index in [0.29, 0.717) is 23.2 Å². The van der Waals surface area contributed by atoms with Crippen LogP contribution in [0.4, 0.5) is 5.13 Å². The number of methoxy groups -OCH3 is 1. The van der Waals surface area contributed by atoms with Crippen LogP contribution in [-0.4, -0.2) is 28.7 Å². The molecule has 152 valence electrons. The molecule has 2 heterocycles. The molecule has 7 heteroatoms. The first-order valence-electron chi connectivity index (χ1n) is 9.50. The number of thiazole rings is 1. The number of ether oxygens (including phenoxy) is 1. The van der Waals surface area contributed by atoms with Gasteiger partial charge in [0.15, 0.2) is 5.13 Å². The monoisotopic (exact) mass is 435 g/mol. The lowest BCUT2D eigenvalue weighted by atomic mass is 10.2. The van der Waals surface area contributed by atoms with Crippen molar-refractivity contribution in [2.24, 2.45) is 0 Å². The number of hydrogen-bond donors (Lipinski definition) is 0.